The number of hydrogen-bond acceptors (Lipinski definition) is 2. The van der Waals surface area contributed by atoms with Gasteiger partial charge in [-0.05, 0) is 6.42 Å². The van der Waals surface area contributed by atoms with Gasteiger partial charge in [0.15, 0.2) is 0 Å². The van der Waals surface area contributed by atoms with E-state index in [1.54, 1.807) is 0 Å². The molecule has 1 fully saturated rings. The van der Waals surface area contributed by atoms with E-state index in [1.807, 2.05) is 24.0 Å². The molecule has 1 amide bonds. The van der Waals surface area contributed by atoms with Crippen molar-refractivity contribution in [3.05, 3.63) is 12.2 Å². The number of carbonyl (C=O) groups excluding carboxylic acids is 1. The highest BCUT2D eigenvalue weighted by Crippen LogP contribution is 2.16. The first kappa shape index (κ1) is 9.65. The van der Waals surface area contributed by atoms with Crippen LogP contribution in [-0.4, -0.2) is 29.6 Å². The fourth-order valence-electron chi connectivity index (χ4n) is 1.35. The first-order valence-corrected chi connectivity index (χ1v) is 4.93. The molecule has 0 bridgehead atoms. The predicted molar refractivity (Wildman–Crippen MR) is 53.4 cm³/mol. The van der Waals surface area contributed by atoms with Crippen molar-refractivity contribution < 1.29 is 4.79 Å². The average Bonchev–Trinajstić information content (AvgIpc) is 2.36. The number of thiol groups is 1. The van der Waals surface area contributed by atoms with Gasteiger partial charge < -0.3 is 4.90 Å². The van der Waals surface area contributed by atoms with E-state index in [1.165, 1.54) is 0 Å². The fraction of sp³-hybridized carbons (Fsp3) is 0.667. The van der Waals surface area contributed by atoms with E-state index in [-0.39, 0.29) is 5.92 Å². The zero-order valence-corrected chi connectivity index (χ0v) is 8.26. The Bertz CT molecular complexity index is 191. The lowest BCUT2D eigenvalue weighted by Gasteiger charge is -2.12. The lowest BCUT2D eigenvalue weighted by molar-refractivity contribution is -0.130. The van der Waals surface area contributed by atoms with E-state index in [2.05, 4.69) is 12.6 Å². The molecular formula is C9H15NOS. The van der Waals surface area contributed by atoms with Crippen LogP contribution in [0.25, 0.3) is 0 Å². The zero-order valence-electron chi connectivity index (χ0n) is 7.36. The second kappa shape index (κ2) is 4.55. The van der Waals surface area contributed by atoms with Crippen LogP contribution in [0.3, 0.4) is 0 Å². The van der Waals surface area contributed by atoms with Crippen molar-refractivity contribution in [2.45, 2.75) is 13.3 Å². The molecule has 1 saturated heterocycles. The summed E-state index contributed by atoms with van der Waals surface area (Å²) in [5.41, 5.74) is 0. The number of hydrogen-bond donors (Lipinski definition) is 1. The largest absolute Gasteiger partial charge is 0.339 e. The Hall–Kier alpha value is -0.440. The van der Waals surface area contributed by atoms with Gasteiger partial charge in [-0.3, -0.25) is 4.79 Å². The molecule has 12 heavy (non-hydrogen) atoms. The van der Waals surface area contributed by atoms with Gasteiger partial charge in [0, 0.05) is 24.8 Å². The van der Waals surface area contributed by atoms with Gasteiger partial charge in [-0.2, -0.15) is 12.6 Å². The highest BCUT2D eigenvalue weighted by Gasteiger charge is 2.26. The SMILES string of the molecule is CC1CCN(C/C=C/CS)C1=O. The Labute approximate surface area is 79.0 Å². The number of rotatable bonds is 3. The third-order valence-corrected chi connectivity index (χ3v) is 2.37. The van der Waals surface area contributed by atoms with Crippen LogP contribution in [0.4, 0.5) is 0 Å². The number of likely N-dealkylation sites (tertiary alicyclic amines) is 1. The molecule has 0 aromatic rings. The summed E-state index contributed by atoms with van der Waals surface area (Å²) in [6.45, 7) is 3.66. The summed E-state index contributed by atoms with van der Waals surface area (Å²) in [7, 11) is 0. The van der Waals surface area contributed by atoms with Gasteiger partial charge in [-0.25, -0.2) is 0 Å². The lowest BCUT2D eigenvalue weighted by Crippen LogP contribution is -2.26. The van der Waals surface area contributed by atoms with Crippen molar-refractivity contribution in [2.24, 2.45) is 5.92 Å². The van der Waals surface area contributed by atoms with Gasteiger partial charge in [-0.1, -0.05) is 19.1 Å². The Kier molecular flexibility index (Phi) is 3.66. The van der Waals surface area contributed by atoms with Crippen molar-refractivity contribution in [1.82, 2.24) is 4.90 Å². The van der Waals surface area contributed by atoms with Crippen LogP contribution < -0.4 is 0 Å². The summed E-state index contributed by atoms with van der Waals surface area (Å²) in [5.74, 6) is 1.27. The van der Waals surface area contributed by atoms with Crippen LogP contribution in [0.2, 0.25) is 0 Å². The van der Waals surface area contributed by atoms with Gasteiger partial charge in [0.25, 0.3) is 0 Å². The van der Waals surface area contributed by atoms with Crippen molar-refractivity contribution >= 4 is 18.5 Å². The molecule has 1 aliphatic rings. The maximum atomic E-state index is 11.4. The minimum absolute atomic E-state index is 0.231. The summed E-state index contributed by atoms with van der Waals surface area (Å²) in [4.78, 5) is 13.3. The first-order chi connectivity index (χ1) is 5.75. The van der Waals surface area contributed by atoms with Crippen LogP contribution in [0, 0.1) is 5.92 Å². The molecule has 0 saturated carbocycles. The lowest BCUT2D eigenvalue weighted by atomic mass is 10.1. The molecule has 1 heterocycles. The van der Waals surface area contributed by atoms with Crippen LogP contribution in [0.15, 0.2) is 12.2 Å². The van der Waals surface area contributed by atoms with Crippen molar-refractivity contribution in [1.29, 1.82) is 0 Å². The molecule has 0 N–H and O–H groups in total. The summed E-state index contributed by atoms with van der Waals surface area (Å²) in [6, 6.07) is 0. The Morgan fingerprint density at radius 2 is 2.42 bits per heavy atom. The first-order valence-electron chi connectivity index (χ1n) is 4.30. The summed E-state index contributed by atoms with van der Waals surface area (Å²) in [6.07, 6.45) is 4.98. The maximum absolute atomic E-state index is 11.4. The minimum Gasteiger partial charge on any atom is -0.339 e. The van der Waals surface area contributed by atoms with E-state index >= 15 is 0 Å². The van der Waals surface area contributed by atoms with Gasteiger partial charge in [0.1, 0.15) is 0 Å². The quantitative estimate of drug-likeness (QED) is 0.520. The van der Waals surface area contributed by atoms with Gasteiger partial charge in [0.2, 0.25) is 5.91 Å². The van der Waals surface area contributed by atoms with Crippen molar-refractivity contribution in [3.63, 3.8) is 0 Å². The summed E-state index contributed by atoms with van der Waals surface area (Å²) >= 11 is 4.05. The highest BCUT2D eigenvalue weighted by atomic mass is 32.1. The number of nitrogens with zero attached hydrogens (tertiary/aromatic N) is 1. The van der Waals surface area contributed by atoms with Gasteiger partial charge in [0.05, 0.1) is 0 Å². The molecule has 0 aliphatic carbocycles. The molecule has 1 unspecified atom stereocenters. The molecule has 1 atom stereocenters. The van der Waals surface area contributed by atoms with E-state index in [0.29, 0.717) is 5.91 Å². The molecule has 0 aromatic heterocycles. The number of carbonyl (C=O) groups is 1. The van der Waals surface area contributed by atoms with Crippen molar-refractivity contribution in [3.8, 4) is 0 Å². The molecule has 1 aliphatic heterocycles. The number of amides is 1. The van der Waals surface area contributed by atoms with Crippen LogP contribution in [0.5, 0.6) is 0 Å². The average molecular weight is 185 g/mol. The molecule has 0 radical (unpaired) electrons. The Morgan fingerprint density at radius 3 is 2.92 bits per heavy atom. The molecule has 1 rings (SSSR count). The van der Waals surface area contributed by atoms with E-state index in [4.69, 9.17) is 0 Å². The fourth-order valence-corrected chi connectivity index (χ4v) is 1.50. The van der Waals surface area contributed by atoms with Gasteiger partial charge in [-0.15, -0.1) is 0 Å². The maximum Gasteiger partial charge on any atom is 0.225 e. The Morgan fingerprint density at radius 1 is 1.67 bits per heavy atom. The summed E-state index contributed by atoms with van der Waals surface area (Å²) < 4.78 is 0. The molecule has 0 aromatic carbocycles. The highest BCUT2D eigenvalue weighted by molar-refractivity contribution is 7.80. The van der Waals surface area contributed by atoms with Crippen LogP contribution >= 0.6 is 12.6 Å². The topological polar surface area (TPSA) is 20.3 Å². The third kappa shape index (κ3) is 2.27. The van der Waals surface area contributed by atoms with Crippen LogP contribution in [0.1, 0.15) is 13.3 Å². The van der Waals surface area contributed by atoms with E-state index in [0.717, 1.165) is 25.3 Å². The molecule has 3 heteroatoms. The standard InChI is InChI=1S/C9H15NOS/c1-8-4-6-10(9(8)11)5-2-3-7-12/h2-3,8,12H,4-7H2,1H3/b3-2+. The molecule has 2 nitrogen and oxygen atoms in total. The van der Waals surface area contributed by atoms with E-state index in [9.17, 15) is 4.79 Å². The third-order valence-electron chi connectivity index (χ3n) is 2.16. The second-order valence-electron chi connectivity index (χ2n) is 3.13. The normalized spacial score (nSPS) is 24.3. The van der Waals surface area contributed by atoms with Crippen LogP contribution in [-0.2, 0) is 4.79 Å². The molecule has 0 spiro atoms. The monoisotopic (exact) mass is 185 g/mol. The Balaban J connectivity index is 2.34. The minimum atomic E-state index is 0.231. The predicted octanol–water partition coefficient (Wildman–Crippen LogP) is 1.34. The summed E-state index contributed by atoms with van der Waals surface area (Å²) in [5, 5.41) is 0. The van der Waals surface area contributed by atoms with Crippen molar-refractivity contribution in [2.75, 3.05) is 18.8 Å². The smallest absolute Gasteiger partial charge is 0.225 e. The molecular weight excluding hydrogens is 170 g/mol. The second-order valence-corrected chi connectivity index (χ2v) is 3.49. The zero-order chi connectivity index (χ0) is 8.97. The van der Waals surface area contributed by atoms with Gasteiger partial charge >= 0.3 is 0 Å². The molecule has 68 valence electrons. The van der Waals surface area contributed by atoms with E-state index < -0.39 is 0 Å².